The number of nitrogens with zero attached hydrogens (tertiary/aromatic N) is 1. The lowest BCUT2D eigenvalue weighted by molar-refractivity contribution is -0.141. The zero-order valence-corrected chi connectivity index (χ0v) is 17.2. The van der Waals surface area contributed by atoms with Crippen LogP contribution in [-0.4, -0.2) is 36.3 Å². The summed E-state index contributed by atoms with van der Waals surface area (Å²) in [5, 5.41) is 6.70. The van der Waals surface area contributed by atoms with E-state index in [-0.39, 0.29) is 35.9 Å². The van der Waals surface area contributed by atoms with E-state index < -0.39 is 44.6 Å². The summed E-state index contributed by atoms with van der Waals surface area (Å²) in [5.41, 5.74) is -2.61. The summed E-state index contributed by atoms with van der Waals surface area (Å²) in [5.74, 6) is -0.886. The number of carbonyl (C=O) groups is 1. The SMILES string of the molecule is O=C(NC[C@H]1CC[C@@H](S(=O)(=O)c2cccc(C(F)(F)F)c2)CC1)c1cc(C(F)(F)F)n[nH]1. The molecule has 0 unspecified atom stereocenters. The first-order valence-corrected chi connectivity index (χ1v) is 11.1. The molecule has 1 aromatic heterocycles. The third-order valence-electron chi connectivity index (χ3n) is 5.39. The van der Waals surface area contributed by atoms with Gasteiger partial charge in [0, 0.05) is 12.6 Å². The number of H-pyrrole nitrogens is 1. The van der Waals surface area contributed by atoms with E-state index in [2.05, 4.69) is 10.4 Å². The predicted octanol–water partition coefficient (Wildman–Crippen LogP) is 4.21. The van der Waals surface area contributed by atoms with E-state index in [9.17, 15) is 39.6 Å². The summed E-state index contributed by atoms with van der Waals surface area (Å²) in [6.07, 6.45) is -8.17. The monoisotopic (exact) mass is 483 g/mol. The number of sulfone groups is 1. The first kappa shape index (κ1) is 24.1. The van der Waals surface area contributed by atoms with E-state index >= 15 is 0 Å². The molecule has 0 aliphatic heterocycles. The average Bonchev–Trinajstić information content (AvgIpc) is 3.23. The Kier molecular flexibility index (Phi) is 6.59. The van der Waals surface area contributed by atoms with E-state index in [1.165, 1.54) is 0 Å². The third kappa shape index (κ3) is 5.43. The van der Waals surface area contributed by atoms with Gasteiger partial charge in [-0.25, -0.2) is 8.42 Å². The molecule has 1 fully saturated rings. The number of halogens is 6. The molecule has 0 saturated heterocycles. The molecule has 0 bridgehead atoms. The lowest BCUT2D eigenvalue weighted by atomic mass is 9.89. The van der Waals surface area contributed by atoms with Crippen LogP contribution in [0.4, 0.5) is 26.3 Å². The van der Waals surface area contributed by atoms with Gasteiger partial charge in [0.1, 0.15) is 5.69 Å². The highest BCUT2D eigenvalue weighted by Crippen LogP contribution is 2.35. The smallest absolute Gasteiger partial charge is 0.350 e. The third-order valence-corrected chi connectivity index (χ3v) is 7.65. The molecule has 1 heterocycles. The number of aromatic amines is 1. The first-order chi connectivity index (χ1) is 14.8. The van der Waals surface area contributed by atoms with Gasteiger partial charge in [0.15, 0.2) is 15.5 Å². The molecule has 2 N–H and O–H groups in total. The highest BCUT2D eigenvalue weighted by atomic mass is 32.2. The molecule has 1 amide bonds. The summed E-state index contributed by atoms with van der Waals surface area (Å²) in [6.45, 7) is 0.121. The van der Waals surface area contributed by atoms with Crippen molar-refractivity contribution in [3.63, 3.8) is 0 Å². The normalized spacial score (nSPS) is 20.2. The van der Waals surface area contributed by atoms with Crippen LogP contribution in [0.3, 0.4) is 0 Å². The number of rotatable bonds is 5. The molecule has 32 heavy (non-hydrogen) atoms. The molecule has 0 spiro atoms. The molecule has 3 rings (SSSR count). The molecule has 1 aliphatic carbocycles. The zero-order valence-electron chi connectivity index (χ0n) is 16.4. The van der Waals surface area contributed by atoms with Gasteiger partial charge in [-0.15, -0.1) is 0 Å². The highest BCUT2D eigenvalue weighted by molar-refractivity contribution is 7.92. The second-order valence-electron chi connectivity index (χ2n) is 7.59. The van der Waals surface area contributed by atoms with Gasteiger partial charge in [0.25, 0.3) is 5.91 Å². The molecule has 0 radical (unpaired) electrons. The Morgan fingerprint density at radius 1 is 1.03 bits per heavy atom. The Morgan fingerprint density at radius 2 is 1.69 bits per heavy atom. The number of carbonyl (C=O) groups excluding carboxylic acids is 1. The highest BCUT2D eigenvalue weighted by Gasteiger charge is 2.36. The number of benzene rings is 1. The minimum Gasteiger partial charge on any atom is -0.350 e. The number of amides is 1. The van der Waals surface area contributed by atoms with E-state index in [0.29, 0.717) is 25.0 Å². The number of hydrogen-bond acceptors (Lipinski definition) is 4. The Labute approximate surface area is 179 Å². The maximum Gasteiger partial charge on any atom is 0.435 e. The molecular formula is C19H19F6N3O3S. The van der Waals surface area contributed by atoms with Crippen molar-refractivity contribution in [2.45, 2.75) is 48.2 Å². The number of nitrogens with one attached hydrogen (secondary N) is 2. The van der Waals surface area contributed by atoms with Crippen LogP contribution in [0.15, 0.2) is 35.2 Å². The van der Waals surface area contributed by atoms with Crippen molar-refractivity contribution in [1.82, 2.24) is 15.5 Å². The molecule has 2 aromatic rings. The lowest BCUT2D eigenvalue weighted by Gasteiger charge is -2.28. The van der Waals surface area contributed by atoms with Crippen LogP contribution in [0.2, 0.25) is 0 Å². The zero-order chi connectivity index (χ0) is 23.7. The van der Waals surface area contributed by atoms with Crippen molar-refractivity contribution >= 4 is 15.7 Å². The van der Waals surface area contributed by atoms with Crippen molar-refractivity contribution in [1.29, 1.82) is 0 Å². The summed E-state index contributed by atoms with van der Waals surface area (Å²) in [4.78, 5) is 11.6. The standard InChI is InChI=1S/C19H19F6N3O3S/c20-18(21,22)12-2-1-3-14(8-12)32(30,31)13-6-4-11(5-7-13)10-26-17(29)15-9-16(28-27-15)19(23,24)25/h1-3,8-9,11,13H,4-7,10H2,(H,26,29)(H,27,28)/t11-,13+. The van der Waals surface area contributed by atoms with Gasteiger partial charge >= 0.3 is 12.4 Å². The van der Waals surface area contributed by atoms with Gasteiger partial charge in [-0.3, -0.25) is 9.89 Å². The molecule has 13 heteroatoms. The second kappa shape index (κ2) is 8.75. The van der Waals surface area contributed by atoms with Gasteiger partial charge in [0.2, 0.25) is 0 Å². The number of alkyl halides is 6. The van der Waals surface area contributed by atoms with E-state index in [0.717, 1.165) is 18.2 Å². The summed E-state index contributed by atoms with van der Waals surface area (Å²) >= 11 is 0. The van der Waals surface area contributed by atoms with Crippen LogP contribution in [0.5, 0.6) is 0 Å². The van der Waals surface area contributed by atoms with E-state index in [1.54, 1.807) is 0 Å². The molecule has 1 aliphatic rings. The topological polar surface area (TPSA) is 91.9 Å². The predicted molar refractivity (Wildman–Crippen MR) is 100 cm³/mol. The Bertz CT molecular complexity index is 1070. The van der Waals surface area contributed by atoms with Gasteiger partial charge in [0.05, 0.1) is 15.7 Å². The van der Waals surface area contributed by atoms with E-state index in [4.69, 9.17) is 0 Å². The fourth-order valence-corrected chi connectivity index (χ4v) is 5.44. The fourth-order valence-electron chi connectivity index (χ4n) is 3.60. The van der Waals surface area contributed by atoms with Crippen molar-refractivity contribution in [3.05, 3.63) is 47.3 Å². The summed E-state index contributed by atoms with van der Waals surface area (Å²) < 4.78 is 102. The Balaban J connectivity index is 1.56. The average molecular weight is 483 g/mol. The van der Waals surface area contributed by atoms with Crippen LogP contribution in [0.25, 0.3) is 0 Å². The lowest BCUT2D eigenvalue weighted by Crippen LogP contribution is -2.34. The summed E-state index contributed by atoms with van der Waals surface area (Å²) in [7, 11) is -3.96. The summed E-state index contributed by atoms with van der Waals surface area (Å²) in [6, 6.07) is 4.21. The second-order valence-corrected chi connectivity index (χ2v) is 9.82. The Morgan fingerprint density at radius 3 is 2.25 bits per heavy atom. The molecule has 176 valence electrons. The molecule has 0 atom stereocenters. The number of aromatic nitrogens is 2. The first-order valence-electron chi connectivity index (χ1n) is 9.60. The van der Waals surface area contributed by atoms with Gasteiger partial charge < -0.3 is 5.32 Å². The van der Waals surface area contributed by atoms with Crippen molar-refractivity contribution in [2.75, 3.05) is 6.54 Å². The van der Waals surface area contributed by atoms with Crippen LogP contribution >= 0.6 is 0 Å². The fraction of sp³-hybridized carbons (Fsp3) is 0.474. The maximum absolute atomic E-state index is 12.9. The minimum absolute atomic E-state index is 0.114. The van der Waals surface area contributed by atoms with Gasteiger partial charge in [-0.1, -0.05) is 6.07 Å². The molecule has 1 saturated carbocycles. The van der Waals surface area contributed by atoms with Crippen molar-refractivity contribution < 1.29 is 39.6 Å². The molecule has 6 nitrogen and oxygen atoms in total. The Hall–Kier alpha value is -2.57. The van der Waals surface area contributed by atoms with Crippen molar-refractivity contribution in [3.8, 4) is 0 Å². The molecule has 1 aromatic carbocycles. The van der Waals surface area contributed by atoms with Gasteiger partial charge in [-0.2, -0.15) is 31.4 Å². The van der Waals surface area contributed by atoms with Gasteiger partial charge in [-0.05, 0) is 49.8 Å². The maximum atomic E-state index is 12.9. The van der Waals surface area contributed by atoms with Crippen LogP contribution in [-0.2, 0) is 22.2 Å². The largest absolute Gasteiger partial charge is 0.435 e. The quantitative estimate of drug-likeness (QED) is 0.624. The minimum atomic E-state index is -4.68. The number of hydrogen-bond donors (Lipinski definition) is 2. The van der Waals surface area contributed by atoms with Crippen LogP contribution < -0.4 is 5.32 Å². The van der Waals surface area contributed by atoms with E-state index in [1.807, 2.05) is 5.10 Å². The van der Waals surface area contributed by atoms with Crippen LogP contribution in [0.1, 0.15) is 47.4 Å². The van der Waals surface area contributed by atoms with Crippen molar-refractivity contribution in [2.24, 2.45) is 5.92 Å². The molecular weight excluding hydrogens is 464 g/mol. The van der Waals surface area contributed by atoms with Crippen LogP contribution in [0, 0.1) is 5.92 Å².